The summed E-state index contributed by atoms with van der Waals surface area (Å²) in [6, 6.07) is 0. The molecule has 90 valence electrons. The summed E-state index contributed by atoms with van der Waals surface area (Å²) >= 11 is 0. The highest BCUT2D eigenvalue weighted by molar-refractivity contribution is 5.83. The monoisotopic (exact) mass is 225 g/mol. The average molecular weight is 225 g/mol. The fourth-order valence-electron chi connectivity index (χ4n) is 3.56. The van der Waals surface area contributed by atoms with Gasteiger partial charge in [-0.15, -0.1) is 0 Å². The third kappa shape index (κ3) is 1.26. The molecule has 3 rings (SSSR count). The van der Waals surface area contributed by atoms with Crippen molar-refractivity contribution in [1.29, 1.82) is 0 Å². The molecule has 0 amide bonds. The Balaban J connectivity index is 2.07. The summed E-state index contributed by atoms with van der Waals surface area (Å²) in [4.78, 5) is 2.11. The summed E-state index contributed by atoms with van der Waals surface area (Å²) in [5, 5.41) is 20.7. The van der Waals surface area contributed by atoms with Gasteiger partial charge in [0.15, 0.2) is 0 Å². The van der Waals surface area contributed by atoms with Crippen LogP contribution in [-0.2, 0) is 0 Å². The van der Waals surface area contributed by atoms with Crippen LogP contribution in [0.3, 0.4) is 0 Å². The molecule has 2 N–H and O–H groups in total. The highest BCUT2D eigenvalue weighted by Gasteiger charge is 2.55. The van der Waals surface area contributed by atoms with Gasteiger partial charge >= 0.3 is 0 Å². The van der Waals surface area contributed by atoms with Crippen molar-refractivity contribution in [2.45, 2.75) is 51.0 Å². The van der Waals surface area contributed by atoms with Crippen LogP contribution < -0.4 is 0 Å². The number of piperidine rings is 1. The molecular formula is C12H21N2O2+. The van der Waals surface area contributed by atoms with Crippen molar-refractivity contribution < 1.29 is 14.8 Å². The van der Waals surface area contributed by atoms with E-state index >= 15 is 0 Å². The summed E-state index contributed by atoms with van der Waals surface area (Å²) < 4.78 is 2.11. The molecule has 0 spiro atoms. The zero-order valence-electron chi connectivity index (χ0n) is 10.1. The van der Waals surface area contributed by atoms with Gasteiger partial charge in [0.25, 0.3) is 5.84 Å². The SMILES string of the molecule is C[C@]1(O)CC[C@H]2CC[C@@](C)(O)N3CC[N+]1=C23. The van der Waals surface area contributed by atoms with Crippen LogP contribution in [0.4, 0.5) is 0 Å². The maximum Gasteiger partial charge on any atom is 0.254 e. The lowest BCUT2D eigenvalue weighted by atomic mass is 9.83. The van der Waals surface area contributed by atoms with E-state index in [1.807, 2.05) is 13.8 Å². The maximum atomic E-state index is 10.4. The van der Waals surface area contributed by atoms with Gasteiger partial charge in [-0.1, -0.05) is 0 Å². The molecule has 0 aromatic rings. The smallest absolute Gasteiger partial charge is 0.254 e. The van der Waals surface area contributed by atoms with E-state index in [1.165, 1.54) is 5.84 Å². The minimum absolute atomic E-state index is 0.544. The first kappa shape index (κ1) is 10.5. The molecule has 0 bridgehead atoms. The van der Waals surface area contributed by atoms with Crippen LogP contribution in [0.5, 0.6) is 0 Å². The van der Waals surface area contributed by atoms with E-state index in [1.54, 1.807) is 0 Å². The minimum atomic E-state index is -0.714. The zero-order valence-corrected chi connectivity index (χ0v) is 10.1. The van der Waals surface area contributed by atoms with E-state index < -0.39 is 11.4 Å². The van der Waals surface area contributed by atoms with Crippen LogP contribution in [-0.4, -0.2) is 50.1 Å². The quantitative estimate of drug-likeness (QED) is 0.584. The molecule has 0 aromatic carbocycles. The second kappa shape index (κ2) is 2.99. The average Bonchev–Trinajstić information content (AvgIpc) is 2.62. The lowest BCUT2D eigenvalue weighted by molar-refractivity contribution is -0.654. The van der Waals surface area contributed by atoms with Gasteiger partial charge in [0, 0.05) is 26.7 Å². The van der Waals surface area contributed by atoms with Gasteiger partial charge in [0.2, 0.25) is 11.4 Å². The molecular weight excluding hydrogens is 204 g/mol. The predicted octanol–water partition coefficient (Wildman–Crippen LogP) is 0.334. The molecule has 0 saturated carbocycles. The predicted molar refractivity (Wildman–Crippen MR) is 60.0 cm³/mol. The van der Waals surface area contributed by atoms with E-state index in [2.05, 4.69) is 9.48 Å². The second-order valence-corrected chi connectivity index (χ2v) is 5.87. The van der Waals surface area contributed by atoms with Gasteiger partial charge in [-0.3, -0.25) is 0 Å². The molecule has 4 heteroatoms. The molecule has 0 aliphatic carbocycles. The van der Waals surface area contributed by atoms with Gasteiger partial charge in [0.05, 0.1) is 5.92 Å². The van der Waals surface area contributed by atoms with E-state index in [0.29, 0.717) is 5.92 Å². The Hall–Kier alpha value is -0.610. The number of hydrogen-bond acceptors (Lipinski definition) is 3. The highest BCUT2D eigenvalue weighted by Crippen LogP contribution is 2.40. The van der Waals surface area contributed by atoms with Crippen molar-refractivity contribution in [2.24, 2.45) is 5.92 Å². The Bertz CT molecular complexity index is 360. The van der Waals surface area contributed by atoms with Crippen molar-refractivity contribution in [1.82, 2.24) is 4.90 Å². The molecule has 1 fully saturated rings. The standard InChI is InChI=1S/C12H21N2O2/c1-11(15)5-3-9-4-6-12(2,16)14-8-7-13(11)10(9)14/h9,15-16H,3-8H2,1-2H3/q+1/t9-,11-,12+. The summed E-state index contributed by atoms with van der Waals surface area (Å²) in [5.41, 5.74) is -1.43. The second-order valence-electron chi connectivity index (χ2n) is 5.87. The molecule has 4 nitrogen and oxygen atoms in total. The number of nitrogens with zero attached hydrogens (tertiary/aromatic N) is 2. The van der Waals surface area contributed by atoms with E-state index in [-0.39, 0.29) is 0 Å². The highest BCUT2D eigenvalue weighted by atomic mass is 16.3. The molecule has 3 atom stereocenters. The Morgan fingerprint density at radius 1 is 1.25 bits per heavy atom. The molecule has 16 heavy (non-hydrogen) atoms. The van der Waals surface area contributed by atoms with Crippen molar-refractivity contribution >= 4 is 5.84 Å². The van der Waals surface area contributed by atoms with Gasteiger partial charge in [-0.25, -0.2) is 9.48 Å². The van der Waals surface area contributed by atoms with Crippen LogP contribution in [0.15, 0.2) is 0 Å². The summed E-state index contributed by atoms with van der Waals surface area (Å²) in [6.45, 7) is 5.47. The molecule has 1 saturated heterocycles. The molecule has 3 heterocycles. The largest absolute Gasteiger partial charge is 0.353 e. The Labute approximate surface area is 96.2 Å². The van der Waals surface area contributed by atoms with Crippen molar-refractivity contribution in [2.75, 3.05) is 13.1 Å². The van der Waals surface area contributed by atoms with Crippen LogP contribution in [0.2, 0.25) is 0 Å². The van der Waals surface area contributed by atoms with Crippen molar-refractivity contribution in [3.63, 3.8) is 0 Å². The molecule has 3 aliphatic rings. The van der Waals surface area contributed by atoms with E-state index in [9.17, 15) is 10.2 Å². The maximum absolute atomic E-state index is 10.4. The van der Waals surface area contributed by atoms with Gasteiger partial charge < -0.3 is 10.2 Å². The third-order valence-corrected chi connectivity index (χ3v) is 4.56. The first-order chi connectivity index (χ1) is 7.42. The Morgan fingerprint density at radius 2 is 1.94 bits per heavy atom. The first-order valence-corrected chi connectivity index (χ1v) is 6.29. The van der Waals surface area contributed by atoms with Gasteiger partial charge in [-0.05, 0) is 12.8 Å². The van der Waals surface area contributed by atoms with Crippen LogP contribution in [0.1, 0.15) is 39.5 Å². The molecule has 0 aromatic heterocycles. The molecule has 0 radical (unpaired) electrons. The molecule has 0 unspecified atom stereocenters. The fraction of sp³-hybridized carbons (Fsp3) is 0.917. The van der Waals surface area contributed by atoms with Gasteiger partial charge in [-0.2, -0.15) is 0 Å². The van der Waals surface area contributed by atoms with E-state index in [4.69, 9.17) is 0 Å². The number of aliphatic hydroxyl groups is 2. The normalized spacial score (nSPS) is 47.2. The molecule has 3 aliphatic heterocycles. The van der Waals surface area contributed by atoms with Crippen molar-refractivity contribution in [3.8, 4) is 0 Å². The summed E-state index contributed by atoms with van der Waals surface area (Å²) in [5.74, 6) is 1.73. The third-order valence-electron chi connectivity index (χ3n) is 4.56. The number of amidine groups is 1. The summed E-state index contributed by atoms with van der Waals surface area (Å²) in [7, 11) is 0. The zero-order chi connectivity index (χ0) is 11.6. The minimum Gasteiger partial charge on any atom is -0.353 e. The topological polar surface area (TPSA) is 46.7 Å². The fourth-order valence-corrected chi connectivity index (χ4v) is 3.56. The number of rotatable bonds is 0. The number of hydrogen-bond donors (Lipinski definition) is 2. The Morgan fingerprint density at radius 3 is 2.69 bits per heavy atom. The lowest BCUT2D eigenvalue weighted by Crippen LogP contribution is -2.58. The van der Waals surface area contributed by atoms with Crippen molar-refractivity contribution in [3.05, 3.63) is 0 Å². The van der Waals surface area contributed by atoms with Crippen LogP contribution >= 0.6 is 0 Å². The van der Waals surface area contributed by atoms with E-state index in [0.717, 1.165) is 38.8 Å². The Kier molecular flexibility index (Phi) is 1.97. The van der Waals surface area contributed by atoms with Crippen LogP contribution in [0, 0.1) is 5.92 Å². The first-order valence-electron chi connectivity index (χ1n) is 6.29. The lowest BCUT2D eigenvalue weighted by Gasteiger charge is -2.41. The van der Waals surface area contributed by atoms with Crippen LogP contribution in [0.25, 0.3) is 0 Å². The summed E-state index contributed by atoms with van der Waals surface area (Å²) in [6.07, 6.45) is 3.78. The van der Waals surface area contributed by atoms with Gasteiger partial charge in [0.1, 0.15) is 13.1 Å².